The zero-order valence-electron chi connectivity index (χ0n) is 20.7. The first-order valence-electron chi connectivity index (χ1n) is 12.3. The van der Waals surface area contributed by atoms with E-state index in [1.165, 1.54) is 26.6 Å². The number of amides is 2. The van der Waals surface area contributed by atoms with E-state index in [2.05, 4.69) is 59.2 Å². The average Bonchev–Trinajstić information content (AvgIpc) is 3.42. The van der Waals surface area contributed by atoms with Crippen molar-refractivity contribution >= 4 is 34.7 Å². The number of fused-ring (bicyclic) bond motifs is 5. The molecule has 2 aliphatic rings. The lowest BCUT2D eigenvalue weighted by Crippen LogP contribution is -2.38. The molecule has 0 aliphatic carbocycles. The fraction of sp³-hybridized carbons (Fsp3) is 0.276. The number of benzene rings is 2. The smallest absolute Gasteiger partial charge is 0.310 e. The minimum Gasteiger partial charge on any atom is -0.310 e. The van der Waals surface area contributed by atoms with Crippen molar-refractivity contribution in [2.45, 2.75) is 39.4 Å². The maximum atomic E-state index is 14.1. The number of urea groups is 1. The van der Waals surface area contributed by atoms with E-state index < -0.39 is 0 Å². The molecule has 7 heteroatoms. The maximum absolute atomic E-state index is 14.1. The number of rotatable bonds is 2. The molecule has 0 radical (unpaired) electrons. The summed E-state index contributed by atoms with van der Waals surface area (Å²) in [5, 5.41) is 5.11. The lowest BCUT2D eigenvalue weighted by atomic mass is 10.0. The summed E-state index contributed by atoms with van der Waals surface area (Å²) < 4.78 is 2.29. The predicted molar refractivity (Wildman–Crippen MR) is 147 cm³/mol. The topological polar surface area (TPSA) is 40.5 Å². The molecule has 6 rings (SSSR count). The molecular formula is C29H29ClN4OS. The number of aryl methyl sites for hydroxylation is 2. The Labute approximate surface area is 220 Å². The number of anilines is 1. The Bertz CT molecular complexity index is 1470. The standard InChI is InChI=1S/C29H29ClN4OS/c1-18-9-10-24(19(2)14-18)31-29(35)34-16-23-22-11-13-32(3)17-26(22)36-28(23)33-12-5-8-25(33)27(34)20-6-4-7-21(30)15-20/h4-10,12,14-15,27H,11,13,16-17H2,1-3H3,(H,31,35). The Kier molecular flexibility index (Phi) is 5.91. The zero-order chi connectivity index (χ0) is 25.0. The van der Waals surface area contributed by atoms with Gasteiger partial charge in [-0.25, -0.2) is 4.79 Å². The minimum atomic E-state index is -0.272. The van der Waals surface area contributed by atoms with E-state index in [9.17, 15) is 4.79 Å². The second-order valence-corrected chi connectivity index (χ2v) is 11.4. The highest BCUT2D eigenvalue weighted by Gasteiger charge is 2.36. The van der Waals surface area contributed by atoms with Crippen molar-refractivity contribution in [3.05, 3.63) is 104 Å². The molecule has 1 N–H and O–H groups in total. The molecule has 2 aromatic heterocycles. The number of halogens is 1. The van der Waals surface area contributed by atoms with Gasteiger partial charge in [-0.3, -0.25) is 0 Å². The SMILES string of the molecule is Cc1ccc(NC(=O)N2Cc3c(sc4c3CCN(C)C4)-n3cccc3C2c2cccc(Cl)c2)c(C)c1. The number of aromatic nitrogens is 1. The highest BCUT2D eigenvalue weighted by Crippen LogP contribution is 2.43. The number of carbonyl (C=O) groups is 1. The van der Waals surface area contributed by atoms with Gasteiger partial charge < -0.3 is 19.7 Å². The summed E-state index contributed by atoms with van der Waals surface area (Å²) in [7, 11) is 2.17. The van der Waals surface area contributed by atoms with Crippen LogP contribution in [0, 0.1) is 13.8 Å². The van der Waals surface area contributed by atoms with Crippen LogP contribution in [-0.2, 0) is 19.5 Å². The Morgan fingerprint density at radius 3 is 2.72 bits per heavy atom. The van der Waals surface area contributed by atoms with Crippen molar-refractivity contribution in [3.8, 4) is 5.00 Å². The van der Waals surface area contributed by atoms with Gasteiger partial charge in [0.25, 0.3) is 0 Å². The van der Waals surface area contributed by atoms with Crippen molar-refractivity contribution in [2.75, 3.05) is 18.9 Å². The van der Waals surface area contributed by atoms with E-state index in [-0.39, 0.29) is 12.1 Å². The van der Waals surface area contributed by atoms with Crippen LogP contribution in [0.2, 0.25) is 5.02 Å². The number of hydrogen-bond donors (Lipinski definition) is 1. The minimum absolute atomic E-state index is 0.111. The molecule has 184 valence electrons. The van der Waals surface area contributed by atoms with E-state index in [1.807, 2.05) is 53.5 Å². The van der Waals surface area contributed by atoms with Crippen molar-refractivity contribution in [3.63, 3.8) is 0 Å². The van der Waals surface area contributed by atoms with Gasteiger partial charge in [0.1, 0.15) is 5.00 Å². The quantitative estimate of drug-likeness (QED) is 0.313. The van der Waals surface area contributed by atoms with Crippen LogP contribution in [0.5, 0.6) is 0 Å². The van der Waals surface area contributed by atoms with E-state index in [0.717, 1.165) is 42.0 Å². The summed E-state index contributed by atoms with van der Waals surface area (Å²) in [6.45, 7) is 6.63. The summed E-state index contributed by atoms with van der Waals surface area (Å²) in [5.74, 6) is 0. The molecule has 0 bridgehead atoms. The number of hydrogen-bond acceptors (Lipinski definition) is 3. The van der Waals surface area contributed by atoms with Gasteiger partial charge in [0.2, 0.25) is 0 Å². The van der Waals surface area contributed by atoms with Gasteiger partial charge in [-0.1, -0.05) is 41.4 Å². The Hall–Kier alpha value is -3.06. The van der Waals surface area contributed by atoms with Crippen LogP contribution >= 0.6 is 22.9 Å². The molecule has 0 saturated carbocycles. The van der Waals surface area contributed by atoms with Crippen molar-refractivity contribution in [1.82, 2.24) is 14.4 Å². The number of likely N-dealkylation sites (N-methyl/N-ethyl adjacent to an activating group) is 1. The van der Waals surface area contributed by atoms with Crippen LogP contribution < -0.4 is 5.32 Å². The first-order valence-corrected chi connectivity index (χ1v) is 13.5. The van der Waals surface area contributed by atoms with Gasteiger partial charge in [0, 0.05) is 40.4 Å². The van der Waals surface area contributed by atoms with E-state index in [1.54, 1.807) is 0 Å². The number of nitrogens with zero attached hydrogens (tertiary/aromatic N) is 3. The van der Waals surface area contributed by atoms with Crippen molar-refractivity contribution in [2.24, 2.45) is 0 Å². The van der Waals surface area contributed by atoms with E-state index >= 15 is 0 Å². The van der Waals surface area contributed by atoms with E-state index in [0.29, 0.717) is 11.6 Å². The first-order chi connectivity index (χ1) is 17.4. The summed E-state index contributed by atoms with van der Waals surface area (Å²) in [6.07, 6.45) is 3.13. The molecule has 5 nitrogen and oxygen atoms in total. The lowest BCUT2D eigenvalue weighted by molar-refractivity contribution is 0.194. The van der Waals surface area contributed by atoms with Gasteiger partial charge in [-0.2, -0.15) is 0 Å². The molecule has 0 fully saturated rings. The van der Waals surface area contributed by atoms with Crippen LogP contribution in [-0.4, -0.2) is 34.0 Å². The first kappa shape index (κ1) is 23.3. The maximum Gasteiger partial charge on any atom is 0.322 e. The Morgan fingerprint density at radius 2 is 1.92 bits per heavy atom. The highest BCUT2D eigenvalue weighted by atomic mass is 35.5. The third-order valence-corrected chi connectivity index (χ3v) is 8.80. The number of carbonyl (C=O) groups excluding carboxylic acids is 1. The van der Waals surface area contributed by atoms with Gasteiger partial charge >= 0.3 is 6.03 Å². The Morgan fingerprint density at radius 1 is 1.06 bits per heavy atom. The van der Waals surface area contributed by atoms with Crippen LogP contribution in [0.15, 0.2) is 60.8 Å². The third-order valence-electron chi connectivity index (χ3n) is 7.30. The van der Waals surface area contributed by atoms with Gasteiger partial charge in [0.05, 0.1) is 18.3 Å². The largest absolute Gasteiger partial charge is 0.322 e. The zero-order valence-corrected chi connectivity index (χ0v) is 22.3. The molecule has 2 aromatic carbocycles. The Balaban J connectivity index is 1.50. The molecule has 1 unspecified atom stereocenters. The van der Waals surface area contributed by atoms with Crippen LogP contribution in [0.4, 0.5) is 10.5 Å². The molecule has 4 aromatic rings. The molecule has 0 saturated heterocycles. The van der Waals surface area contributed by atoms with Gasteiger partial charge in [-0.15, -0.1) is 11.3 Å². The number of thiophene rings is 1. The molecule has 2 amide bonds. The summed E-state index contributed by atoms with van der Waals surface area (Å²) in [5.41, 5.74) is 7.81. The monoisotopic (exact) mass is 516 g/mol. The summed E-state index contributed by atoms with van der Waals surface area (Å²) in [6, 6.07) is 17.8. The van der Waals surface area contributed by atoms with Crippen LogP contribution in [0.1, 0.15) is 44.4 Å². The molecule has 4 heterocycles. The summed E-state index contributed by atoms with van der Waals surface area (Å²) >= 11 is 8.31. The number of nitrogens with one attached hydrogen (secondary N) is 1. The van der Waals surface area contributed by atoms with Crippen LogP contribution in [0.3, 0.4) is 0 Å². The predicted octanol–water partition coefficient (Wildman–Crippen LogP) is 6.93. The fourth-order valence-electron chi connectivity index (χ4n) is 5.52. The van der Waals surface area contributed by atoms with Gasteiger partial charge in [0.15, 0.2) is 0 Å². The normalized spacial score (nSPS) is 17.2. The molecule has 2 aliphatic heterocycles. The van der Waals surface area contributed by atoms with E-state index in [4.69, 9.17) is 11.6 Å². The molecule has 0 spiro atoms. The second kappa shape index (κ2) is 9.11. The molecular weight excluding hydrogens is 488 g/mol. The average molecular weight is 517 g/mol. The second-order valence-electron chi connectivity index (χ2n) is 9.91. The fourth-order valence-corrected chi connectivity index (χ4v) is 7.16. The van der Waals surface area contributed by atoms with Crippen molar-refractivity contribution < 1.29 is 4.79 Å². The lowest BCUT2D eigenvalue weighted by Gasteiger charge is -2.32. The molecule has 1 atom stereocenters. The van der Waals surface area contributed by atoms with Crippen molar-refractivity contribution in [1.29, 1.82) is 0 Å². The summed E-state index contributed by atoms with van der Waals surface area (Å²) in [4.78, 5) is 19.8. The molecule has 36 heavy (non-hydrogen) atoms. The van der Waals surface area contributed by atoms with Gasteiger partial charge in [-0.05, 0) is 74.3 Å². The van der Waals surface area contributed by atoms with Crippen LogP contribution in [0.25, 0.3) is 5.00 Å². The highest BCUT2D eigenvalue weighted by molar-refractivity contribution is 7.15. The third kappa shape index (κ3) is 4.03.